The van der Waals surface area contributed by atoms with E-state index in [0.29, 0.717) is 12.3 Å². The van der Waals surface area contributed by atoms with Crippen LogP contribution in [0.25, 0.3) is 0 Å². The third kappa shape index (κ3) is 3.41. The lowest BCUT2D eigenvalue weighted by atomic mass is 9.94. The Morgan fingerprint density at radius 2 is 2.10 bits per heavy atom. The summed E-state index contributed by atoms with van der Waals surface area (Å²) in [5.41, 5.74) is 6.47. The van der Waals surface area contributed by atoms with Crippen molar-refractivity contribution in [2.24, 2.45) is 5.14 Å². The minimum absolute atomic E-state index is 0.0474. The summed E-state index contributed by atoms with van der Waals surface area (Å²) >= 11 is 0. The van der Waals surface area contributed by atoms with E-state index >= 15 is 0 Å². The van der Waals surface area contributed by atoms with Crippen molar-refractivity contribution in [1.82, 2.24) is 0 Å². The molecule has 1 aromatic carbocycles. The molecule has 2 rings (SSSR count). The molecule has 0 amide bonds. The number of nitrogens with one attached hydrogen (secondary N) is 1. The molecule has 0 aromatic heterocycles. The Hall–Kier alpha value is -1.31. The van der Waals surface area contributed by atoms with Crippen molar-refractivity contribution in [3.63, 3.8) is 0 Å². The van der Waals surface area contributed by atoms with Crippen molar-refractivity contribution in [3.8, 4) is 0 Å². The quantitative estimate of drug-likeness (QED) is 0.729. The van der Waals surface area contributed by atoms with Gasteiger partial charge < -0.3 is 15.8 Å². The van der Waals surface area contributed by atoms with Gasteiger partial charge in [-0.2, -0.15) is 0 Å². The Morgan fingerprint density at radius 1 is 1.40 bits per heavy atom. The highest BCUT2D eigenvalue weighted by Gasteiger charge is 2.29. The van der Waals surface area contributed by atoms with E-state index in [0.717, 1.165) is 12.8 Å². The fourth-order valence-electron chi connectivity index (χ4n) is 2.49. The van der Waals surface area contributed by atoms with Crippen LogP contribution in [0.1, 0.15) is 26.7 Å². The molecular formula is C13H21N3O3S. The Kier molecular flexibility index (Phi) is 3.95. The van der Waals surface area contributed by atoms with E-state index in [1.54, 1.807) is 12.1 Å². The smallest absolute Gasteiger partial charge is 0.240 e. The molecule has 6 nitrogen and oxygen atoms in total. The van der Waals surface area contributed by atoms with E-state index in [1.165, 1.54) is 6.07 Å². The van der Waals surface area contributed by atoms with Crippen molar-refractivity contribution >= 4 is 21.4 Å². The fourth-order valence-corrected chi connectivity index (χ4v) is 3.18. The molecule has 1 saturated heterocycles. The van der Waals surface area contributed by atoms with Crippen LogP contribution in [0.15, 0.2) is 23.1 Å². The summed E-state index contributed by atoms with van der Waals surface area (Å²) in [7, 11) is -3.81. The van der Waals surface area contributed by atoms with Gasteiger partial charge in [0, 0.05) is 12.6 Å². The number of ether oxygens (including phenoxy) is 1. The molecule has 1 unspecified atom stereocenters. The standard InChI is InChI=1S/C13H21N3O3S/c1-13(2)8-9(6-7-19-13)16-10-4-3-5-11(12(10)14)20(15,17)18/h3-5,9,16H,6-8,14H2,1-2H3,(H2,15,17,18). The lowest BCUT2D eigenvalue weighted by Gasteiger charge is -2.36. The van der Waals surface area contributed by atoms with Gasteiger partial charge in [0.05, 0.1) is 17.0 Å². The van der Waals surface area contributed by atoms with Crippen LogP contribution >= 0.6 is 0 Å². The van der Waals surface area contributed by atoms with Gasteiger partial charge >= 0.3 is 0 Å². The van der Waals surface area contributed by atoms with E-state index in [-0.39, 0.29) is 22.2 Å². The minimum Gasteiger partial charge on any atom is -0.396 e. The van der Waals surface area contributed by atoms with Crippen LogP contribution in [0.3, 0.4) is 0 Å². The van der Waals surface area contributed by atoms with Gasteiger partial charge in [-0.15, -0.1) is 0 Å². The molecule has 1 aliphatic heterocycles. The van der Waals surface area contributed by atoms with Gasteiger partial charge in [-0.25, -0.2) is 13.6 Å². The molecule has 1 heterocycles. The van der Waals surface area contributed by atoms with Crippen molar-refractivity contribution in [2.45, 2.75) is 43.2 Å². The molecule has 1 fully saturated rings. The topological polar surface area (TPSA) is 107 Å². The predicted molar refractivity (Wildman–Crippen MR) is 78.9 cm³/mol. The van der Waals surface area contributed by atoms with Gasteiger partial charge in [0.25, 0.3) is 0 Å². The van der Waals surface area contributed by atoms with E-state index < -0.39 is 10.0 Å². The second-order valence-electron chi connectivity index (χ2n) is 5.70. The van der Waals surface area contributed by atoms with Crippen LogP contribution < -0.4 is 16.2 Å². The van der Waals surface area contributed by atoms with Crippen LogP contribution in [-0.2, 0) is 14.8 Å². The third-order valence-corrected chi connectivity index (χ3v) is 4.40. The molecule has 0 radical (unpaired) electrons. The average molecular weight is 299 g/mol. The molecule has 1 atom stereocenters. The molecule has 0 aliphatic carbocycles. The number of sulfonamides is 1. The molecule has 112 valence electrons. The van der Waals surface area contributed by atoms with Crippen LogP contribution in [0.4, 0.5) is 11.4 Å². The number of nitrogens with two attached hydrogens (primary N) is 2. The van der Waals surface area contributed by atoms with E-state index in [2.05, 4.69) is 5.32 Å². The summed E-state index contributed by atoms with van der Waals surface area (Å²) in [6, 6.07) is 4.98. The van der Waals surface area contributed by atoms with Crippen molar-refractivity contribution in [1.29, 1.82) is 0 Å². The third-order valence-electron chi connectivity index (χ3n) is 3.43. The maximum absolute atomic E-state index is 11.5. The zero-order chi connectivity index (χ0) is 15.0. The van der Waals surface area contributed by atoms with Gasteiger partial charge in [-0.3, -0.25) is 0 Å². The minimum atomic E-state index is -3.81. The summed E-state index contributed by atoms with van der Waals surface area (Å²) in [4.78, 5) is -0.0474. The summed E-state index contributed by atoms with van der Waals surface area (Å²) in [5.74, 6) is 0. The lowest BCUT2D eigenvalue weighted by Crippen LogP contribution is -2.40. The molecule has 0 saturated carbocycles. The number of nitrogen functional groups attached to an aromatic ring is 1. The first-order valence-electron chi connectivity index (χ1n) is 6.51. The lowest BCUT2D eigenvalue weighted by molar-refractivity contribution is -0.0553. The Morgan fingerprint density at radius 3 is 2.70 bits per heavy atom. The van der Waals surface area contributed by atoms with E-state index in [4.69, 9.17) is 15.6 Å². The maximum atomic E-state index is 11.5. The van der Waals surface area contributed by atoms with E-state index in [9.17, 15) is 8.42 Å². The SMILES string of the molecule is CC1(C)CC(Nc2cccc(S(N)(=O)=O)c2N)CCO1. The summed E-state index contributed by atoms with van der Waals surface area (Å²) in [5, 5.41) is 8.44. The van der Waals surface area contributed by atoms with Crippen molar-refractivity contribution in [2.75, 3.05) is 17.7 Å². The van der Waals surface area contributed by atoms with E-state index in [1.807, 2.05) is 13.8 Å². The molecule has 7 heteroatoms. The van der Waals surface area contributed by atoms with Crippen LogP contribution in [-0.4, -0.2) is 26.7 Å². The van der Waals surface area contributed by atoms with Crippen molar-refractivity contribution < 1.29 is 13.2 Å². The van der Waals surface area contributed by atoms with Gasteiger partial charge in [-0.05, 0) is 38.8 Å². The number of para-hydroxylation sites is 1. The number of primary sulfonamides is 1. The first-order valence-corrected chi connectivity index (χ1v) is 8.05. The molecule has 1 aliphatic rings. The highest BCUT2D eigenvalue weighted by molar-refractivity contribution is 7.89. The summed E-state index contributed by atoms with van der Waals surface area (Å²) < 4.78 is 28.6. The normalized spacial score (nSPS) is 22.4. The molecule has 20 heavy (non-hydrogen) atoms. The first-order chi connectivity index (χ1) is 9.19. The highest BCUT2D eigenvalue weighted by Crippen LogP contribution is 2.30. The molecular weight excluding hydrogens is 278 g/mol. The number of anilines is 2. The largest absolute Gasteiger partial charge is 0.396 e. The average Bonchev–Trinajstić information content (AvgIpc) is 2.29. The van der Waals surface area contributed by atoms with Crippen molar-refractivity contribution in [3.05, 3.63) is 18.2 Å². The van der Waals surface area contributed by atoms with Crippen LogP contribution in [0.5, 0.6) is 0 Å². The monoisotopic (exact) mass is 299 g/mol. The van der Waals surface area contributed by atoms with Gasteiger partial charge in [0.2, 0.25) is 10.0 Å². The summed E-state index contributed by atoms with van der Waals surface area (Å²) in [6.07, 6.45) is 1.68. The molecule has 0 spiro atoms. The fraction of sp³-hybridized carbons (Fsp3) is 0.538. The molecule has 0 bridgehead atoms. The zero-order valence-electron chi connectivity index (χ0n) is 11.7. The maximum Gasteiger partial charge on any atom is 0.240 e. The van der Waals surface area contributed by atoms with Gasteiger partial charge in [0.1, 0.15) is 4.90 Å². The number of hydrogen-bond acceptors (Lipinski definition) is 5. The van der Waals surface area contributed by atoms with Gasteiger partial charge in [-0.1, -0.05) is 6.07 Å². The summed E-state index contributed by atoms with van der Waals surface area (Å²) in [6.45, 7) is 4.73. The predicted octanol–water partition coefficient (Wildman–Crippen LogP) is 1.29. The second kappa shape index (κ2) is 5.23. The van der Waals surface area contributed by atoms with Crippen LogP contribution in [0.2, 0.25) is 0 Å². The second-order valence-corrected chi connectivity index (χ2v) is 7.23. The molecule has 5 N–H and O–H groups in total. The molecule has 1 aromatic rings. The number of benzene rings is 1. The van der Waals surface area contributed by atoms with Crippen LogP contribution in [0, 0.1) is 0 Å². The number of rotatable bonds is 3. The highest BCUT2D eigenvalue weighted by atomic mass is 32.2. The van der Waals surface area contributed by atoms with Gasteiger partial charge in [0.15, 0.2) is 0 Å². The Bertz CT molecular complexity index is 599. The number of hydrogen-bond donors (Lipinski definition) is 3. The Balaban J connectivity index is 2.22. The zero-order valence-corrected chi connectivity index (χ0v) is 12.5. The first kappa shape index (κ1) is 15.1. The Labute approximate surface area is 119 Å².